The fraction of sp³-hybridized carbons (Fsp3) is 0.500. The maximum Gasteiger partial charge on any atom is 0.246 e. The Kier molecular flexibility index (Phi) is 2.23. The molecule has 2 saturated heterocycles. The summed E-state index contributed by atoms with van der Waals surface area (Å²) in [6.07, 6.45) is 0. The van der Waals surface area contributed by atoms with Crippen molar-refractivity contribution in [1.82, 2.24) is 10.2 Å². The third-order valence-electron chi connectivity index (χ3n) is 3.05. The molecule has 15 heavy (non-hydrogen) atoms. The molecule has 1 N–H and O–H groups in total. The van der Waals surface area contributed by atoms with Crippen molar-refractivity contribution >= 4 is 22.9 Å². The Morgan fingerprint density at radius 3 is 3.20 bits per heavy atom. The molecule has 1 aromatic heterocycles. The Hall–Kier alpha value is -0.910. The van der Waals surface area contributed by atoms with Gasteiger partial charge in [-0.25, -0.2) is 0 Å². The maximum atomic E-state index is 12.1. The van der Waals surface area contributed by atoms with E-state index in [0.717, 1.165) is 32.0 Å². The topological polar surface area (TPSA) is 35.6 Å². The Morgan fingerprint density at radius 1 is 1.53 bits per heavy atom. The van der Waals surface area contributed by atoms with Crippen LogP contribution in [-0.2, 0) is 4.79 Å². The summed E-state index contributed by atoms with van der Waals surface area (Å²) in [5.74, 6) is 0.237. The van der Waals surface area contributed by atoms with Gasteiger partial charge in [-0.2, -0.15) is 11.3 Å². The van der Waals surface area contributed by atoms with Gasteiger partial charge in [0.25, 0.3) is 0 Å². The summed E-state index contributed by atoms with van der Waals surface area (Å²) in [7, 11) is 0. The third kappa shape index (κ3) is 1.47. The normalized spacial score (nSPS) is 27.1. The number of nitrogens with zero attached hydrogens (tertiary/aromatic N) is 2. The van der Waals surface area contributed by atoms with Crippen LogP contribution in [0.2, 0.25) is 0 Å². The van der Waals surface area contributed by atoms with Crippen molar-refractivity contribution in [3.8, 4) is 0 Å². The summed E-state index contributed by atoms with van der Waals surface area (Å²) in [4.78, 5) is 16.2. The average Bonchev–Trinajstić information content (AvgIpc) is 2.87. The van der Waals surface area contributed by atoms with Crippen LogP contribution in [0.4, 0.5) is 5.69 Å². The van der Waals surface area contributed by atoms with Gasteiger partial charge in [0.15, 0.2) is 0 Å². The highest BCUT2D eigenvalue weighted by atomic mass is 32.1. The van der Waals surface area contributed by atoms with E-state index in [2.05, 4.69) is 10.2 Å². The van der Waals surface area contributed by atoms with Gasteiger partial charge in [-0.3, -0.25) is 14.6 Å². The Labute approximate surface area is 92.5 Å². The molecule has 0 aromatic carbocycles. The largest absolute Gasteiger partial charge is 0.313 e. The lowest BCUT2D eigenvalue weighted by atomic mass is 10.2. The molecular weight excluding hydrogens is 210 g/mol. The summed E-state index contributed by atoms with van der Waals surface area (Å²) in [5.41, 5.74) is 1.04. The molecule has 4 nitrogen and oxygen atoms in total. The van der Waals surface area contributed by atoms with Crippen molar-refractivity contribution in [2.75, 3.05) is 31.2 Å². The molecular formula is C10H13N3OS. The van der Waals surface area contributed by atoms with Gasteiger partial charge in [-0.15, -0.1) is 0 Å². The summed E-state index contributed by atoms with van der Waals surface area (Å²) in [6, 6.07) is 2.06. The van der Waals surface area contributed by atoms with E-state index in [9.17, 15) is 4.79 Å². The minimum Gasteiger partial charge on any atom is -0.313 e. The highest BCUT2D eigenvalue weighted by Gasteiger charge is 2.40. The first-order valence-corrected chi connectivity index (χ1v) is 6.09. The molecule has 2 aliphatic rings. The van der Waals surface area contributed by atoms with Crippen molar-refractivity contribution in [1.29, 1.82) is 0 Å². The summed E-state index contributed by atoms with van der Waals surface area (Å²) < 4.78 is 0. The molecule has 80 valence electrons. The molecule has 5 heteroatoms. The predicted octanol–water partition coefficient (Wildman–Crippen LogP) is 0.326. The first-order valence-electron chi connectivity index (χ1n) is 5.14. The number of hydrogen-bond acceptors (Lipinski definition) is 4. The van der Waals surface area contributed by atoms with Gasteiger partial charge in [0.1, 0.15) is 6.04 Å². The van der Waals surface area contributed by atoms with Crippen LogP contribution in [0.25, 0.3) is 0 Å². The monoisotopic (exact) mass is 223 g/mol. The van der Waals surface area contributed by atoms with Crippen LogP contribution in [0.3, 0.4) is 0 Å². The van der Waals surface area contributed by atoms with Crippen LogP contribution in [-0.4, -0.2) is 43.2 Å². The van der Waals surface area contributed by atoms with E-state index in [4.69, 9.17) is 0 Å². The highest BCUT2D eigenvalue weighted by Crippen LogP contribution is 2.25. The molecule has 2 aliphatic heterocycles. The number of hydrogen-bond donors (Lipinski definition) is 1. The van der Waals surface area contributed by atoms with Gasteiger partial charge in [0.2, 0.25) is 5.91 Å². The van der Waals surface area contributed by atoms with Crippen molar-refractivity contribution in [2.24, 2.45) is 0 Å². The SMILES string of the molecule is O=C1C2CNCCN2CN1c1ccsc1. The van der Waals surface area contributed by atoms with Crippen molar-refractivity contribution < 1.29 is 4.79 Å². The fourth-order valence-corrected chi connectivity index (χ4v) is 2.85. The number of fused-ring (bicyclic) bond motifs is 1. The lowest BCUT2D eigenvalue weighted by Crippen LogP contribution is -2.50. The van der Waals surface area contributed by atoms with Crippen LogP contribution in [0.1, 0.15) is 0 Å². The summed E-state index contributed by atoms with van der Waals surface area (Å²) >= 11 is 1.63. The van der Waals surface area contributed by atoms with Gasteiger partial charge in [0, 0.05) is 25.0 Å². The van der Waals surface area contributed by atoms with Crippen molar-refractivity contribution in [3.05, 3.63) is 16.8 Å². The van der Waals surface area contributed by atoms with Gasteiger partial charge >= 0.3 is 0 Å². The average molecular weight is 223 g/mol. The molecule has 1 aromatic rings. The van der Waals surface area contributed by atoms with E-state index >= 15 is 0 Å². The lowest BCUT2D eigenvalue weighted by Gasteiger charge is -2.26. The van der Waals surface area contributed by atoms with Crippen molar-refractivity contribution in [2.45, 2.75) is 6.04 Å². The molecule has 3 heterocycles. The number of anilines is 1. The molecule has 0 aliphatic carbocycles. The fourth-order valence-electron chi connectivity index (χ4n) is 2.21. The number of piperazine rings is 1. The van der Waals surface area contributed by atoms with Gasteiger partial charge in [-0.1, -0.05) is 0 Å². The number of nitrogens with one attached hydrogen (secondary N) is 1. The Morgan fingerprint density at radius 2 is 2.47 bits per heavy atom. The molecule has 0 spiro atoms. The second-order valence-electron chi connectivity index (χ2n) is 3.92. The van der Waals surface area contributed by atoms with Gasteiger partial charge < -0.3 is 5.32 Å². The van der Waals surface area contributed by atoms with Crippen molar-refractivity contribution in [3.63, 3.8) is 0 Å². The Bertz CT molecular complexity index is 365. The van der Waals surface area contributed by atoms with Crippen LogP contribution in [0.5, 0.6) is 0 Å². The third-order valence-corrected chi connectivity index (χ3v) is 3.72. The zero-order chi connectivity index (χ0) is 10.3. The van der Waals surface area contributed by atoms with E-state index in [-0.39, 0.29) is 11.9 Å². The second kappa shape index (κ2) is 3.59. The van der Waals surface area contributed by atoms with Gasteiger partial charge in [-0.05, 0) is 11.4 Å². The molecule has 3 rings (SSSR count). The van der Waals surface area contributed by atoms with E-state index in [1.54, 1.807) is 11.3 Å². The standard InChI is InChI=1S/C10H13N3OS/c14-10-9-5-11-2-3-12(9)7-13(10)8-1-4-15-6-8/h1,4,6,9,11H,2-3,5,7H2. The van der Waals surface area contributed by atoms with Gasteiger partial charge in [0.05, 0.1) is 12.4 Å². The van der Waals surface area contributed by atoms with Crippen LogP contribution in [0, 0.1) is 0 Å². The quantitative estimate of drug-likeness (QED) is 0.745. The molecule has 1 unspecified atom stereocenters. The minimum atomic E-state index is 0.0543. The van der Waals surface area contributed by atoms with E-state index in [1.165, 1.54) is 0 Å². The second-order valence-corrected chi connectivity index (χ2v) is 4.70. The zero-order valence-electron chi connectivity index (χ0n) is 8.35. The minimum absolute atomic E-state index is 0.0543. The van der Waals surface area contributed by atoms with E-state index in [0.29, 0.717) is 0 Å². The molecule has 2 fully saturated rings. The van der Waals surface area contributed by atoms with Crippen LogP contribution in [0.15, 0.2) is 16.8 Å². The first kappa shape index (κ1) is 9.33. The Balaban J connectivity index is 1.85. The molecule has 1 atom stereocenters. The number of amides is 1. The number of rotatable bonds is 1. The molecule has 0 saturated carbocycles. The van der Waals surface area contributed by atoms with E-state index in [1.807, 2.05) is 21.7 Å². The summed E-state index contributed by atoms with van der Waals surface area (Å²) in [6.45, 7) is 3.50. The maximum absolute atomic E-state index is 12.1. The predicted molar refractivity (Wildman–Crippen MR) is 60.0 cm³/mol. The molecule has 1 amide bonds. The van der Waals surface area contributed by atoms with Crippen LogP contribution >= 0.6 is 11.3 Å². The zero-order valence-corrected chi connectivity index (χ0v) is 9.17. The smallest absolute Gasteiger partial charge is 0.246 e. The molecule has 0 bridgehead atoms. The number of thiophene rings is 1. The number of carbonyl (C=O) groups excluding carboxylic acids is 1. The van der Waals surface area contributed by atoms with Crippen LogP contribution < -0.4 is 10.2 Å². The molecule has 0 radical (unpaired) electrons. The lowest BCUT2D eigenvalue weighted by molar-refractivity contribution is -0.119. The summed E-state index contributed by atoms with van der Waals surface area (Å²) in [5, 5.41) is 7.31. The van der Waals surface area contributed by atoms with E-state index < -0.39 is 0 Å². The highest BCUT2D eigenvalue weighted by molar-refractivity contribution is 7.08. The first-order chi connectivity index (χ1) is 7.36. The number of carbonyl (C=O) groups is 1.